The van der Waals surface area contributed by atoms with Gasteiger partial charge in [-0.1, -0.05) is 72.8 Å². The van der Waals surface area contributed by atoms with E-state index in [0.717, 1.165) is 47.8 Å². The van der Waals surface area contributed by atoms with Gasteiger partial charge in [0.1, 0.15) is 0 Å². The summed E-state index contributed by atoms with van der Waals surface area (Å²) in [6.45, 7) is 3.83. The summed E-state index contributed by atoms with van der Waals surface area (Å²) in [6, 6.07) is 26.1. The molecule has 0 unspecified atom stereocenters. The summed E-state index contributed by atoms with van der Waals surface area (Å²) in [4.78, 5) is 18.0. The van der Waals surface area contributed by atoms with Crippen molar-refractivity contribution in [3.63, 3.8) is 0 Å². The maximum Gasteiger partial charge on any atom is 0.234 e. The number of rotatable bonds is 7. The van der Waals surface area contributed by atoms with Gasteiger partial charge in [0, 0.05) is 38.3 Å². The summed E-state index contributed by atoms with van der Waals surface area (Å²) in [5, 5.41) is 0. The van der Waals surface area contributed by atoms with Crippen LogP contribution in [-0.2, 0) is 11.3 Å². The number of amides is 1. The first-order valence-corrected chi connectivity index (χ1v) is 11.0. The lowest BCUT2D eigenvalue weighted by molar-refractivity contribution is -0.133. The van der Waals surface area contributed by atoms with Crippen LogP contribution in [0.4, 0.5) is 0 Å². The van der Waals surface area contributed by atoms with E-state index in [9.17, 15) is 4.79 Å². The summed E-state index contributed by atoms with van der Waals surface area (Å²) < 4.78 is 11.0. The van der Waals surface area contributed by atoms with Crippen molar-refractivity contribution in [2.45, 2.75) is 12.5 Å². The van der Waals surface area contributed by atoms with E-state index >= 15 is 0 Å². The first-order chi connectivity index (χ1) is 15.7. The summed E-state index contributed by atoms with van der Waals surface area (Å²) >= 11 is 0. The molecule has 1 aliphatic heterocycles. The minimum absolute atomic E-state index is 0.168. The first-order valence-electron chi connectivity index (χ1n) is 11.0. The number of carbonyl (C=O) groups is 1. The molecular formula is C27H30N2O3. The molecule has 0 N–H and O–H groups in total. The van der Waals surface area contributed by atoms with E-state index in [1.807, 2.05) is 77.7 Å². The predicted molar refractivity (Wildman–Crippen MR) is 126 cm³/mol. The number of carbonyl (C=O) groups excluding carboxylic acids is 1. The van der Waals surface area contributed by atoms with Gasteiger partial charge < -0.3 is 14.4 Å². The van der Waals surface area contributed by atoms with Gasteiger partial charge in [0.2, 0.25) is 5.91 Å². The molecule has 4 rings (SSSR count). The average molecular weight is 431 g/mol. The molecule has 3 aromatic carbocycles. The van der Waals surface area contributed by atoms with Gasteiger partial charge in [-0.15, -0.1) is 0 Å². The van der Waals surface area contributed by atoms with Crippen LogP contribution in [-0.4, -0.2) is 56.1 Å². The summed E-state index contributed by atoms with van der Waals surface area (Å²) in [6.07, 6.45) is 0. The lowest BCUT2D eigenvalue weighted by Crippen LogP contribution is -2.49. The lowest BCUT2D eigenvalue weighted by atomic mass is 9.90. The number of ether oxygens (including phenoxy) is 2. The molecule has 0 spiro atoms. The molecule has 0 aliphatic carbocycles. The zero-order valence-corrected chi connectivity index (χ0v) is 18.7. The zero-order chi connectivity index (χ0) is 22.3. The van der Waals surface area contributed by atoms with E-state index in [0.29, 0.717) is 13.1 Å². The number of piperazine rings is 1. The van der Waals surface area contributed by atoms with Crippen molar-refractivity contribution in [2.24, 2.45) is 0 Å². The average Bonchev–Trinajstić information content (AvgIpc) is 2.85. The van der Waals surface area contributed by atoms with Gasteiger partial charge in [0.15, 0.2) is 11.5 Å². The molecule has 1 amide bonds. The Bertz CT molecular complexity index is 976. The summed E-state index contributed by atoms with van der Waals surface area (Å²) in [5.41, 5.74) is 3.16. The second-order valence-electron chi connectivity index (χ2n) is 8.01. The van der Waals surface area contributed by atoms with Crippen LogP contribution in [0.1, 0.15) is 22.6 Å². The molecule has 1 saturated heterocycles. The lowest BCUT2D eigenvalue weighted by Gasteiger charge is -2.37. The molecule has 166 valence electrons. The summed E-state index contributed by atoms with van der Waals surface area (Å²) in [5.74, 6) is 1.41. The molecule has 1 fully saturated rings. The standard InChI is InChI=1S/C27H30N2O3/c1-31-24-15-9-14-23(26(24)32-2)20-28-16-18-29(19-17-28)27(30)25(21-10-5-3-6-11-21)22-12-7-4-8-13-22/h3-15,25H,16-20H2,1-2H3. The monoisotopic (exact) mass is 430 g/mol. The zero-order valence-electron chi connectivity index (χ0n) is 18.7. The molecule has 3 aromatic rings. The maximum absolute atomic E-state index is 13.6. The van der Waals surface area contributed by atoms with Crippen molar-refractivity contribution < 1.29 is 14.3 Å². The van der Waals surface area contributed by atoms with Crippen LogP contribution < -0.4 is 9.47 Å². The van der Waals surface area contributed by atoms with E-state index in [1.165, 1.54) is 0 Å². The molecule has 32 heavy (non-hydrogen) atoms. The van der Waals surface area contributed by atoms with Gasteiger partial charge in [0.25, 0.3) is 0 Å². The Kier molecular flexibility index (Phi) is 7.07. The van der Waals surface area contributed by atoms with Crippen molar-refractivity contribution in [3.05, 3.63) is 95.6 Å². The highest BCUT2D eigenvalue weighted by Crippen LogP contribution is 2.32. The first kappa shape index (κ1) is 21.9. The number of hydrogen-bond acceptors (Lipinski definition) is 4. The Morgan fingerprint density at radius 3 is 1.91 bits per heavy atom. The van der Waals surface area contributed by atoms with Crippen LogP contribution in [0, 0.1) is 0 Å². The van der Waals surface area contributed by atoms with Gasteiger partial charge in [-0.25, -0.2) is 0 Å². The molecule has 5 nitrogen and oxygen atoms in total. The van der Waals surface area contributed by atoms with Gasteiger partial charge >= 0.3 is 0 Å². The second kappa shape index (κ2) is 10.3. The van der Waals surface area contributed by atoms with Crippen molar-refractivity contribution in [2.75, 3.05) is 40.4 Å². The number of nitrogens with zero attached hydrogens (tertiary/aromatic N) is 2. The Hall–Kier alpha value is -3.31. The van der Waals surface area contributed by atoms with Crippen molar-refractivity contribution in [1.29, 1.82) is 0 Å². The fraction of sp³-hybridized carbons (Fsp3) is 0.296. The van der Waals surface area contributed by atoms with Crippen molar-refractivity contribution in [3.8, 4) is 11.5 Å². The van der Waals surface area contributed by atoms with Gasteiger partial charge in [-0.3, -0.25) is 9.69 Å². The molecular weight excluding hydrogens is 400 g/mol. The SMILES string of the molecule is COc1cccc(CN2CCN(C(=O)C(c3ccccc3)c3ccccc3)CC2)c1OC. The molecule has 0 radical (unpaired) electrons. The smallest absolute Gasteiger partial charge is 0.234 e. The topological polar surface area (TPSA) is 42.0 Å². The van der Waals surface area contributed by atoms with Gasteiger partial charge in [-0.05, 0) is 17.2 Å². The Morgan fingerprint density at radius 2 is 1.38 bits per heavy atom. The molecule has 5 heteroatoms. The predicted octanol–water partition coefficient (Wildman–Crippen LogP) is 4.18. The molecule has 0 atom stereocenters. The largest absolute Gasteiger partial charge is 0.493 e. The van der Waals surface area contributed by atoms with Crippen molar-refractivity contribution >= 4 is 5.91 Å². The highest BCUT2D eigenvalue weighted by atomic mass is 16.5. The fourth-order valence-electron chi connectivity index (χ4n) is 4.40. The van der Waals surface area contributed by atoms with Crippen LogP contribution in [0.2, 0.25) is 0 Å². The molecule has 0 saturated carbocycles. The molecule has 1 aliphatic rings. The number of methoxy groups -OCH3 is 2. The van der Waals surface area contributed by atoms with Crippen LogP contribution in [0.5, 0.6) is 11.5 Å². The van der Waals surface area contributed by atoms with E-state index in [1.54, 1.807) is 14.2 Å². The Morgan fingerprint density at radius 1 is 0.781 bits per heavy atom. The molecule has 1 heterocycles. The van der Waals surface area contributed by atoms with Gasteiger partial charge in [0.05, 0.1) is 20.1 Å². The number of para-hydroxylation sites is 1. The third-order valence-electron chi connectivity index (χ3n) is 6.08. The van der Waals surface area contributed by atoms with Gasteiger partial charge in [-0.2, -0.15) is 0 Å². The van der Waals surface area contributed by atoms with Crippen LogP contribution in [0.3, 0.4) is 0 Å². The van der Waals surface area contributed by atoms with Crippen LogP contribution in [0.25, 0.3) is 0 Å². The van der Waals surface area contributed by atoms with E-state index in [-0.39, 0.29) is 11.8 Å². The fourth-order valence-corrected chi connectivity index (χ4v) is 4.40. The number of hydrogen-bond donors (Lipinski definition) is 0. The Labute approximate surface area is 190 Å². The number of benzene rings is 3. The minimum Gasteiger partial charge on any atom is -0.493 e. The highest BCUT2D eigenvalue weighted by Gasteiger charge is 2.30. The molecule has 0 bridgehead atoms. The summed E-state index contributed by atoms with van der Waals surface area (Å²) in [7, 11) is 3.33. The van der Waals surface area contributed by atoms with E-state index in [4.69, 9.17) is 9.47 Å². The van der Waals surface area contributed by atoms with Crippen molar-refractivity contribution in [1.82, 2.24) is 9.80 Å². The van der Waals surface area contributed by atoms with Crippen LogP contribution >= 0.6 is 0 Å². The van der Waals surface area contributed by atoms with E-state index < -0.39 is 0 Å². The minimum atomic E-state index is -0.276. The third-order valence-corrected chi connectivity index (χ3v) is 6.08. The Balaban J connectivity index is 1.46. The maximum atomic E-state index is 13.6. The quantitative estimate of drug-likeness (QED) is 0.564. The van der Waals surface area contributed by atoms with E-state index in [2.05, 4.69) is 11.0 Å². The highest BCUT2D eigenvalue weighted by molar-refractivity contribution is 5.87. The molecule has 0 aromatic heterocycles. The normalized spacial score (nSPS) is 14.4. The second-order valence-corrected chi connectivity index (χ2v) is 8.01. The van der Waals surface area contributed by atoms with Crippen LogP contribution in [0.15, 0.2) is 78.9 Å². The third kappa shape index (κ3) is 4.78.